The molecule has 1 amide bonds. The zero-order valence-corrected chi connectivity index (χ0v) is 12.0. The maximum Gasteiger partial charge on any atom is 0.260 e. The highest BCUT2D eigenvalue weighted by atomic mass is 32.1. The average Bonchev–Trinajstić information content (AvgIpc) is 2.46. The third kappa shape index (κ3) is 3.17. The molecule has 0 unspecified atom stereocenters. The number of phenols is 1. The summed E-state index contributed by atoms with van der Waals surface area (Å²) in [6.07, 6.45) is 0. The normalized spacial score (nSPS) is 10.2. The van der Waals surface area contributed by atoms with E-state index < -0.39 is 11.7 Å². The number of carbonyl (C=O) groups is 1. The molecule has 0 bridgehead atoms. The molecule has 0 heterocycles. The van der Waals surface area contributed by atoms with Gasteiger partial charge in [0.05, 0.1) is 5.56 Å². The Hall–Kier alpha value is -2.47. The van der Waals surface area contributed by atoms with Crippen molar-refractivity contribution in [2.24, 2.45) is 5.73 Å². The number of anilines is 1. The average molecular weight is 304 g/mol. The molecular weight excluding hydrogens is 291 g/mol. The van der Waals surface area contributed by atoms with Crippen LogP contribution in [0.3, 0.4) is 0 Å². The lowest BCUT2D eigenvalue weighted by atomic mass is 10.1. The van der Waals surface area contributed by atoms with Crippen LogP contribution in [-0.2, 0) is 0 Å². The molecule has 4 nitrogen and oxygen atoms in total. The number of thiocarbonyl (C=S) groups is 1. The van der Waals surface area contributed by atoms with E-state index in [0.29, 0.717) is 11.3 Å². The van der Waals surface area contributed by atoms with E-state index >= 15 is 0 Å². The Morgan fingerprint density at radius 3 is 2.62 bits per heavy atom. The van der Waals surface area contributed by atoms with Gasteiger partial charge in [-0.15, -0.1) is 0 Å². The maximum atomic E-state index is 13.7. The summed E-state index contributed by atoms with van der Waals surface area (Å²) in [4.78, 5) is 13.8. The van der Waals surface area contributed by atoms with Crippen molar-refractivity contribution in [3.8, 4) is 5.75 Å². The Balaban J connectivity index is 2.35. The first-order chi connectivity index (χ1) is 9.90. The van der Waals surface area contributed by atoms with Crippen LogP contribution in [0.15, 0.2) is 42.5 Å². The molecule has 2 aromatic rings. The van der Waals surface area contributed by atoms with Crippen LogP contribution >= 0.6 is 12.2 Å². The quantitative estimate of drug-likeness (QED) is 0.855. The van der Waals surface area contributed by atoms with Crippen LogP contribution in [0.1, 0.15) is 15.9 Å². The van der Waals surface area contributed by atoms with Crippen LogP contribution < -0.4 is 10.6 Å². The fourth-order valence-electron chi connectivity index (χ4n) is 1.84. The number of rotatable bonds is 3. The van der Waals surface area contributed by atoms with Crippen molar-refractivity contribution in [2.75, 3.05) is 11.9 Å². The lowest BCUT2D eigenvalue weighted by Crippen LogP contribution is -2.27. The predicted octanol–water partition coefficient (Wildman–Crippen LogP) is 2.44. The molecular formula is C15H13FN2O2S. The molecule has 6 heteroatoms. The van der Waals surface area contributed by atoms with Gasteiger partial charge in [-0.3, -0.25) is 4.79 Å². The summed E-state index contributed by atoms with van der Waals surface area (Å²) in [5, 5.41) is 9.18. The second kappa shape index (κ2) is 5.88. The summed E-state index contributed by atoms with van der Waals surface area (Å²) in [6, 6.07) is 10.2. The third-order valence-electron chi connectivity index (χ3n) is 3.01. The monoisotopic (exact) mass is 304 g/mol. The van der Waals surface area contributed by atoms with Gasteiger partial charge in [-0.2, -0.15) is 0 Å². The van der Waals surface area contributed by atoms with E-state index in [1.165, 1.54) is 24.1 Å². The van der Waals surface area contributed by atoms with Gasteiger partial charge in [-0.25, -0.2) is 4.39 Å². The summed E-state index contributed by atoms with van der Waals surface area (Å²) in [6.45, 7) is 0. The van der Waals surface area contributed by atoms with Crippen LogP contribution in [0.2, 0.25) is 0 Å². The fourth-order valence-corrected chi connectivity index (χ4v) is 1.97. The van der Waals surface area contributed by atoms with Crippen molar-refractivity contribution in [1.82, 2.24) is 0 Å². The number of nitrogens with two attached hydrogens (primary N) is 1. The van der Waals surface area contributed by atoms with E-state index in [4.69, 9.17) is 18.0 Å². The summed E-state index contributed by atoms with van der Waals surface area (Å²) < 4.78 is 13.7. The number of hydrogen-bond acceptors (Lipinski definition) is 3. The molecule has 3 N–H and O–H groups in total. The summed E-state index contributed by atoms with van der Waals surface area (Å²) in [7, 11) is 1.52. The van der Waals surface area contributed by atoms with Crippen molar-refractivity contribution in [3.05, 3.63) is 59.4 Å². The van der Waals surface area contributed by atoms with Gasteiger partial charge >= 0.3 is 0 Å². The van der Waals surface area contributed by atoms with Gasteiger partial charge in [-0.1, -0.05) is 24.4 Å². The van der Waals surface area contributed by atoms with Gasteiger partial charge in [0, 0.05) is 24.4 Å². The lowest BCUT2D eigenvalue weighted by molar-refractivity contribution is 0.0989. The number of nitrogens with zero attached hydrogens (tertiary/aromatic N) is 1. The van der Waals surface area contributed by atoms with Gasteiger partial charge in [0.15, 0.2) is 0 Å². The number of amides is 1. The molecule has 2 aromatic carbocycles. The number of hydrogen-bond donors (Lipinski definition) is 2. The van der Waals surface area contributed by atoms with Crippen molar-refractivity contribution in [2.45, 2.75) is 0 Å². The molecule has 0 saturated heterocycles. The van der Waals surface area contributed by atoms with E-state index in [1.54, 1.807) is 24.3 Å². The zero-order chi connectivity index (χ0) is 15.6. The third-order valence-corrected chi connectivity index (χ3v) is 3.24. The van der Waals surface area contributed by atoms with Crippen LogP contribution in [0.4, 0.5) is 10.1 Å². The number of phenolic OH excluding ortho intramolecular Hbond substituents is 1. The first kappa shape index (κ1) is 14.9. The van der Waals surface area contributed by atoms with E-state index in [1.807, 2.05) is 0 Å². The SMILES string of the molecule is CN(C(=O)c1ccc(O)cc1F)c1cccc(C(N)=S)c1. The molecule has 2 rings (SSSR count). The topological polar surface area (TPSA) is 66.6 Å². The largest absolute Gasteiger partial charge is 0.508 e. The molecule has 0 aliphatic rings. The van der Waals surface area contributed by atoms with E-state index in [9.17, 15) is 14.3 Å². The zero-order valence-electron chi connectivity index (χ0n) is 11.2. The minimum Gasteiger partial charge on any atom is -0.508 e. The molecule has 108 valence electrons. The Morgan fingerprint density at radius 2 is 2.00 bits per heavy atom. The maximum absolute atomic E-state index is 13.7. The van der Waals surface area contributed by atoms with E-state index in [-0.39, 0.29) is 16.3 Å². The van der Waals surface area contributed by atoms with Crippen molar-refractivity contribution in [3.63, 3.8) is 0 Å². The number of aromatic hydroxyl groups is 1. The standard InChI is InChI=1S/C15H13FN2O2S/c1-18(10-4-2-3-9(7-10)14(17)21)15(20)12-6-5-11(19)8-13(12)16/h2-8,19H,1H3,(H2,17,21). The van der Waals surface area contributed by atoms with Gasteiger partial charge in [0.25, 0.3) is 5.91 Å². The molecule has 0 atom stereocenters. The lowest BCUT2D eigenvalue weighted by Gasteiger charge is -2.18. The fraction of sp³-hybridized carbons (Fsp3) is 0.0667. The van der Waals surface area contributed by atoms with E-state index in [2.05, 4.69) is 0 Å². The minimum atomic E-state index is -0.780. The van der Waals surface area contributed by atoms with Crippen molar-refractivity contribution >= 4 is 28.8 Å². The van der Waals surface area contributed by atoms with Gasteiger partial charge < -0.3 is 15.7 Å². The molecule has 0 spiro atoms. The van der Waals surface area contributed by atoms with Crippen LogP contribution in [0.25, 0.3) is 0 Å². The Labute approximate surface area is 126 Å². The molecule has 21 heavy (non-hydrogen) atoms. The molecule has 0 aliphatic carbocycles. The first-order valence-electron chi connectivity index (χ1n) is 6.06. The first-order valence-corrected chi connectivity index (χ1v) is 6.47. The van der Waals surface area contributed by atoms with Crippen molar-refractivity contribution < 1.29 is 14.3 Å². The van der Waals surface area contributed by atoms with Crippen LogP contribution in [0.5, 0.6) is 5.75 Å². The Bertz CT molecular complexity index is 719. The Kier molecular flexibility index (Phi) is 4.18. The van der Waals surface area contributed by atoms with Gasteiger partial charge in [0.1, 0.15) is 16.6 Å². The molecule has 0 saturated carbocycles. The van der Waals surface area contributed by atoms with Gasteiger partial charge in [0.2, 0.25) is 0 Å². The molecule has 0 radical (unpaired) electrons. The number of benzene rings is 2. The summed E-state index contributed by atoms with van der Waals surface area (Å²) in [5.41, 5.74) is 6.58. The Morgan fingerprint density at radius 1 is 1.29 bits per heavy atom. The highest BCUT2D eigenvalue weighted by molar-refractivity contribution is 7.80. The summed E-state index contributed by atoms with van der Waals surface area (Å²) in [5.74, 6) is -1.55. The van der Waals surface area contributed by atoms with Gasteiger partial charge in [-0.05, 0) is 24.3 Å². The highest BCUT2D eigenvalue weighted by Crippen LogP contribution is 2.21. The second-order valence-electron chi connectivity index (χ2n) is 4.44. The minimum absolute atomic E-state index is 0.129. The van der Waals surface area contributed by atoms with Crippen LogP contribution in [0, 0.1) is 5.82 Å². The molecule has 0 aromatic heterocycles. The van der Waals surface area contributed by atoms with Crippen LogP contribution in [-0.4, -0.2) is 23.0 Å². The smallest absolute Gasteiger partial charge is 0.260 e. The molecule has 0 aliphatic heterocycles. The predicted molar refractivity (Wildman–Crippen MR) is 83.1 cm³/mol. The number of halogens is 1. The van der Waals surface area contributed by atoms with E-state index in [0.717, 1.165) is 6.07 Å². The summed E-state index contributed by atoms with van der Waals surface area (Å²) >= 11 is 4.89. The number of carbonyl (C=O) groups excluding carboxylic acids is 1. The van der Waals surface area contributed by atoms with Crippen molar-refractivity contribution in [1.29, 1.82) is 0 Å². The highest BCUT2D eigenvalue weighted by Gasteiger charge is 2.18. The second-order valence-corrected chi connectivity index (χ2v) is 4.88. The molecule has 0 fully saturated rings.